The molecule has 2 saturated heterocycles. The number of rotatable bonds is 8. The highest BCUT2D eigenvalue weighted by atomic mass is 16.5. The number of aromatic nitrogens is 1. The molecule has 3 heterocycles. The molecule has 0 radical (unpaired) electrons. The largest absolute Gasteiger partial charge is 0.507 e. The molecular formula is C42H37N3O4. The lowest BCUT2D eigenvalue weighted by Crippen LogP contribution is -2.34. The van der Waals surface area contributed by atoms with Gasteiger partial charge in [0.2, 0.25) is 11.8 Å². The number of anilines is 3. The molecule has 2 N–H and O–H groups in total. The van der Waals surface area contributed by atoms with Crippen molar-refractivity contribution in [1.82, 2.24) is 4.98 Å². The number of benzene rings is 4. The number of hydrogen-bond donors (Lipinski definition) is 2. The molecule has 0 saturated carbocycles. The van der Waals surface area contributed by atoms with Crippen LogP contribution in [-0.2, 0) is 14.3 Å². The average molecular weight is 648 g/mol. The third-order valence-electron chi connectivity index (χ3n) is 10.3. The number of para-hydroxylation sites is 1. The van der Waals surface area contributed by atoms with Gasteiger partial charge in [0.25, 0.3) is 0 Å². The van der Waals surface area contributed by atoms with Crippen LogP contribution in [0, 0.1) is 17.8 Å². The van der Waals surface area contributed by atoms with E-state index < -0.39 is 5.92 Å². The van der Waals surface area contributed by atoms with Crippen LogP contribution in [0.15, 0.2) is 127 Å². The van der Waals surface area contributed by atoms with Crippen LogP contribution in [0.25, 0.3) is 22.4 Å². The fourth-order valence-electron chi connectivity index (χ4n) is 8.00. The molecule has 3 aliphatic rings. The maximum Gasteiger partial charge on any atom is 0.238 e. The summed E-state index contributed by atoms with van der Waals surface area (Å²) >= 11 is 0. The second kappa shape index (κ2) is 12.8. The molecule has 7 heteroatoms. The molecule has 5 aromatic rings. The summed E-state index contributed by atoms with van der Waals surface area (Å²) in [4.78, 5) is 33.9. The fourth-order valence-corrected chi connectivity index (χ4v) is 8.00. The van der Waals surface area contributed by atoms with Crippen molar-refractivity contribution in [3.8, 4) is 5.75 Å². The standard InChI is InChI=1S/C42H37N3O4/c1-26-23-34-40(42(48)45(41(34)47)31-18-16-30(17-19-31)44-29-9-3-2-4-10-29)35-25-49-38(39(26)35)21-15-28(36-13-7-8-22-43-36)24-27-14-20-37(46)33-12-6-5-11-32(27)33/h2-14,16-20,22,24,34-35,38,40,44,46H,15,21,23,25H2,1H3/b28-24-/t34-,35+,38-,40-/m1/s1. The Labute approximate surface area is 285 Å². The lowest BCUT2D eigenvalue weighted by atomic mass is 9.70. The predicted molar refractivity (Wildman–Crippen MR) is 193 cm³/mol. The molecule has 2 fully saturated rings. The quantitative estimate of drug-likeness (QED) is 0.130. The number of pyridine rings is 1. The van der Waals surface area contributed by atoms with Crippen LogP contribution in [0.1, 0.15) is 37.4 Å². The summed E-state index contributed by atoms with van der Waals surface area (Å²) in [5.41, 5.74) is 7.76. The van der Waals surface area contributed by atoms with Gasteiger partial charge in [-0.25, -0.2) is 0 Å². The number of carbonyl (C=O) groups is 2. The zero-order valence-electron chi connectivity index (χ0n) is 27.3. The summed E-state index contributed by atoms with van der Waals surface area (Å²) in [5.74, 6) is -0.919. The van der Waals surface area contributed by atoms with Gasteiger partial charge in [-0.1, -0.05) is 60.2 Å². The zero-order valence-corrected chi connectivity index (χ0v) is 27.3. The predicted octanol–water partition coefficient (Wildman–Crippen LogP) is 8.55. The van der Waals surface area contributed by atoms with Gasteiger partial charge in [-0.05, 0) is 109 Å². The van der Waals surface area contributed by atoms with E-state index in [1.54, 1.807) is 12.3 Å². The van der Waals surface area contributed by atoms with E-state index in [2.05, 4.69) is 23.3 Å². The first-order valence-electron chi connectivity index (χ1n) is 16.9. The van der Waals surface area contributed by atoms with Gasteiger partial charge in [-0.3, -0.25) is 19.5 Å². The van der Waals surface area contributed by atoms with Gasteiger partial charge in [-0.2, -0.15) is 0 Å². The van der Waals surface area contributed by atoms with Crippen LogP contribution in [0.2, 0.25) is 0 Å². The normalized spacial score (nSPS) is 22.1. The van der Waals surface area contributed by atoms with E-state index in [-0.39, 0.29) is 35.5 Å². The number of phenols is 1. The number of ether oxygens (including phenoxy) is 1. The van der Waals surface area contributed by atoms with Gasteiger partial charge in [0, 0.05) is 28.9 Å². The second-order valence-corrected chi connectivity index (χ2v) is 13.2. The van der Waals surface area contributed by atoms with Crippen molar-refractivity contribution >= 4 is 51.3 Å². The van der Waals surface area contributed by atoms with Crippen molar-refractivity contribution in [1.29, 1.82) is 0 Å². The average Bonchev–Trinajstić information content (AvgIpc) is 3.67. The summed E-state index contributed by atoms with van der Waals surface area (Å²) in [6.07, 6.45) is 5.81. The Morgan fingerprint density at radius 1 is 0.857 bits per heavy atom. The number of fused-ring (bicyclic) bond motifs is 4. The van der Waals surface area contributed by atoms with Crippen molar-refractivity contribution in [2.45, 2.75) is 32.3 Å². The van der Waals surface area contributed by atoms with E-state index >= 15 is 0 Å². The molecule has 0 bridgehead atoms. The molecule has 2 aliphatic heterocycles. The van der Waals surface area contributed by atoms with Crippen LogP contribution in [0.5, 0.6) is 5.75 Å². The number of aromatic hydroxyl groups is 1. The number of hydrogen-bond acceptors (Lipinski definition) is 6. The van der Waals surface area contributed by atoms with Gasteiger partial charge < -0.3 is 15.2 Å². The number of allylic oxidation sites excluding steroid dienone is 2. The van der Waals surface area contributed by atoms with E-state index in [1.807, 2.05) is 103 Å². The van der Waals surface area contributed by atoms with E-state index in [0.29, 0.717) is 25.1 Å². The van der Waals surface area contributed by atoms with Crippen molar-refractivity contribution in [2.24, 2.45) is 17.8 Å². The highest BCUT2D eigenvalue weighted by molar-refractivity contribution is 6.22. The zero-order chi connectivity index (χ0) is 33.5. The highest BCUT2D eigenvalue weighted by Gasteiger charge is 2.56. The topological polar surface area (TPSA) is 91.8 Å². The molecule has 0 unspecified atom stereocenters. The Morgan fingerprint density at radius 3 is 2.37 bits per heavy atom. The molecule has 4 atom stereocenters. The maximum absolute atomic E-state index is 14.0. The first kappa shape index (κ1) is 30.8. The molecule has 2 amide bonds. The van der Waals surface area contributed by atoms with Gasteiger partial charge in [0.05, 0.1) is 35.9 Å². The van der Waals surface area contributed by atoms with Crippen molar-refractivity contribution in [3.05, 3.63) is 138 Å². The Morgan fingerprint density at radius 2 is 1.59 bits per heavy atom. The molecule has 7 nitrogen and oxygen atoms in total. The molecular weight excluding hydrogens is 610 g/mol. The van der Waals surface area contributed by atoms with Gasteiger partial charge >= 0.3 is 0 Å². The lowest BCUT2D eigenvalue weighted by molar-refractivity contribution is -0.122. The van der Waals surface area contributed by atoms with Crippen LogP contribution < -0.4 is 10.2 Å². The Bertz CT molecular complexity index is 2110. The SMILES string of the molecule is CC1=C2[C@@H](CC/C(=C/c3ccc(O)c4ccccc34)c3ccccn3)OC[C@@H]2[C@@H]2C(=O)N(c3ccc(Nc4ccccc4)cc3)C(=O)[C@@H]2C1. The molecule has 8 rings (SSSR count). The van der Waals surface area contributed by atoms with E-state index in [1.165, 1.54) is 10.5 Å². The molecule has 49 heavy (non-hydrogen) atoms. The van der Waals surface area contributed by atoms with E-state index in [9.17, 15) is 14.7 Å². The van der Waals surface area contributed by atoms with Crippen molar-refractivity contribution in [3.63, 3.8) is 0 Å². The molecule has 1 aliphatic carbocycles. The second-order valence-electron chi connectivity index (χ2n) is 13.2. The van der Waals surface area contributed by atoms with Crippen molar-refractivity contribution < 1.29 is 19.4 Å². The van der Waals surface area contributed by atoms with Crippen LogP contribution in [0.3, 0.4) is 0 Å². The minimum absolute atomic E-state index is 0.118. The number of nitrogens with one attached hydrogen (secondary N) is 1. The minimum atomic E-state index is -0.424. The Balaban J connectivity index is 1.02. The smallest absolute Gasteiger partial charge is 0.238 e. The molecule has 0 spiro atoms. The molecule has 244 valence electrons. The molecule has 1 aromatic heterocycles. The first-order chi connectivity index (χ1) is 24.0. The number of imide groups is 1. The Kier molecular flexibility index (Phi) is 8.06. The lowest BCUT2D eigenvalue weighted by Gasteiger charge is -2.30. The maximum atomic E-state index is 14.0. The fraction of sp³-hybridized carbons (Fsp3) is 0.214. The van der Waals surface area contributed by atoms with Crippen LogP contribution >= 0.6 is 0 Å². The Hall–Kier alpha value is -5.53. The first-order valence-corrected chi connectivity index (χ1v) is 16.9. The van der Waals surface area contributed by atoms with Crippen LogP contribution in [-0.4, -0.2) is 34.6 Å². The summed E-state index contributed by atoms with van der Waals surface area (Å²) < 4.78 is 6.47. The number of nitrogens with zero attached hydrogens (tertiary/aromatic N) is 2. The number of amides is 2. The molecule has 4 aromatic carbocycles. The third kappa shape index (κ3) is 5.70. The van der Waals surface area contributed by atoms with E-state index in [0.717, 1.165) is 51.0 Å². The van der Waals surface area contributed by atoms with Gasteiger partial charge in [0.15, 0.2) is 0 Å². The van der Waals surface area contributed by atoms with Gasteiger partial charge in [0.1, 0.15) is 5.75 Å². The number of phenolic OH excluding ortho intramolecular Hbond substituents is 1. The van der Waals surface area contributed by atoms with Crippen LogP contribution in [0.4, 0.5) is 17.1 Å². The number of carbonyl (C=O) groups excluding carboxylic acids is 2. The van der Waals surface area contributed by atoms with Gasteiger partial charge in [-0.15, -0.1) is 0 Å². The summed E-state index contributed by atoms with van der Waals surface area (Å²) in [7, 11) is 0. The monoisotopic (exact) mass is 647 g/mol. The summed E-state index contributed by atoms with van der Waals surface area (Å²) in [5, 5.41) is 15.6. The van der Waals surface area contributed by atoms with E-state index in [4.69, 9.17) is 4.74 Å². The summed E-state index contributed by atoms with van der Waals surface area (Å²) in [6, 6.07) is 34.8. The summed E-state index contributed by atoms with van der Waals surface area (Å²) in [6.45, 7) is 2.53. The van der Waals surface area contributed by atoms with Crippen molar-refractivity contribution in [2.75, 3.05) is 16.8 Å². The minimum Gasteiger partial charge on any atom is -0.507 e. The highest BCUT2D eigenvalue weighted by Crippen LogP contribution is 2.50. The third-order valence-corrected chi connectivity index (χ3v) is 10.3.